The average Bonchev–Trinajstić information content (AvgIpc) is 3.83. The van der Waals surface area contributed by atoms with Crippen LogP contribution in [0.1, 0.15) is 54.7 Å². The van der Waals surface area contributed by atoms with Crippen LogP contribution in [0.5, 0.6) is 5.75 Å². The van der Waals surface area contributed by atoms with E-state index in [1.54, 1.807) is 12.1 Å². The summed E-state index contributed by atoms with van der Waals surface area (Å²) in [6.07, 6.45) is -1.43. The first-order valence-electron chi connectivity index (χ1n) is 14.6. The second kappa shape index (κ2) is 11.4. The Morgan fingerprint density at radius 1 is 1.05 bits per heavy atom. The van der Waals surface area contributed by atoms with Gasteiger partial charge in [-0.3, -0.25) is 9.59 Å². The highest BCUT2D eigenvalue weighted by Crippen LogP contribution is 2.49. The number of benzene rings is 2. The molecule has 4 aliphatic rings. The molecule has 1 amide bonds. The molecule has 2 saturated heterocycles. The van der Waals surface area contributed by atoms with Crippen molar-refractivity contribution < 1.29 is 46.1 Å². The van der Waals surface area contributed by atoms with Gasteiger partial charge in [-0.05, 0) is 86.2 Å². The van der Waals surface area contributed by atoms with Crippen molar-refractivity contribution in [3.05, 3.63) is 64.7 Å². The van der Waals surface area contributed by atoms with Gasteiger partial charge in [-0.2, -0.15) is 13.2 Å². The number of carbonyl (C=O) groups excluding carboxylic acids is 1. The van der Waals surface area contributed by atoms with Gasteiger partial charge in [-0.1, -0.05) is 12.1 Å². The number of ether oxygens (including phenoxy) is 2. The first kappa shape index (κ1) is 29.8. The van der Waals surface area contributed by atoms with Gasteiger partial charge in [-0.15, -0.1) is 0 Å². The molecule has 1 N–H and O–H groups in total. The Bertz CT molecular complexity index is 1370. The molecule has 1 aliphatic carbocycles. The molecule has 0 radical (unpaired) electrons. The van der Waals surface area contributed by atoms with Crippen LogP contribution in [0, 0.1) is 29.4 Å². The maximum absolute atomic E-state index is 14.4. The van der Waals surface area contributed by atoms with Gasteiger partial charge in [0.15, 0.2) is 18.3 Å². The molecule has 2 aromatic carbocycles. The van der Waals surface area contributed by atoms with Crippen LogP contribution in [0.4, 0.5) is 22.0 Å². The molecule has 1 saturated carbocycles. The Hall–Kier alpha value is -3.25. The van der Waals surface area contributed by atoms with Crippen LogP contribution in [0.15, 0.2) is 36.4 Å². The molecular weight excluding hydrogens is 575 g/mol. The summed E-state index contributed by atoms with van der Waals surface area (Å²) in [6, 6.07) is 7.21. The van der Waals surface area contributed by atoms with Crippen LogP contribution in [0.2, 0.25) is 0 Å². The molecule has 3 heterocycles. The van der Waals surface area contributed by atoms with Crippen LogP contribution in [-0.2, 0) is 27.0 Å². The summed E-state index contributed by atoms with van der Waals surface area (Å²) in [6.45, 7) is 1.42. The third-order valence-electron chi connectivity index (χ3n) is 9.39. The van der Waals surface area contributed by atoms with Crippen molar-refractivity contribution in [3.63, 3.8) is 0 Å². The standard InChI is InChI=1S/C31H33F5N2O5/c32-23-5-1-19(2-6-23)24-8-10-37(15-25(24)28(39)40)13-18-7-9-30(43-16-18,21-3-4-21)29(41)38-14-20-11-22(31(34,35)36)12-26(33)27(20)42-17-38/h1-2,5-6,11-12,18,21,24-25H,3-4,7-10,13-17H2,(H,39,40)/t18?,24-,25+,30-/m0/s1. The first-order valence-corrected chi connectivity index (χ1v) is 14.6. The highest BCUT2D eigenvalue weighted by atomic mass is 19.4. The van der Waals surface area contributed by atoms with Crippen LogP contribution < -0.4 is 4.74 Å². The lowest BCUT2D eigenvalue weighted by Gasteiger charge is -2.44. The highest BCUT2D eigenvalue weighted by Gasteiger charge is 2.56. The lowest BCUT2D eigenvalue weighted by molar-refractivity contribution is -0.179. The number of rotatable bonds is 6. The quantitative estimate of drug-likeness (QED) is 0.441. The largest absolute Gasteiger partial charge is 0.481 e. The summed E-state index contributed by atoms with van der Waals surface area (Å²) in [4.78, 5) is 29.4. The lowest BCUT2D eigenvalue weighted by atomic mass is 9.79. The van der Waals surface area contributed by atoms with Crippen LogP contribution in [0.25, 0.3) is 0 Å². The van der Waals surface area contributed by atoms with Gasteiger partial charge in [0.25, 0.3) is 5.91 Å². The monoisotopic (exact) mass is 608 g/mol. The van der Waals surface area contributed by atoms with Crippen molar-refractivity contribution >= 4 is 11.9 Å². The predicted octanol–water partition coefficient (Wildman–Crippen LogP) is 5.43. The zero-order valence-corrected chi connectivity index (χ0v) is 23.4. The predicted molar refractivity (Wildman–Crippen MR) is 143 cm³/mol. The zero-order chi connectivity index (χ0) is 30.5. The molecule has 3 fully saturated rings. The SMILES string of the molecule is O=C(O)[C@@H]1CN(CC2CC[C@@](C(=O)N3COc4c(F)cc(C(F)(F)F)cc4C3)(C3CC3)OC2)CC[C@H]1c1ccc(F)cc1. The maximum Gasteiger partial charge on any atom is 0.416 e. The van der Waals surface area contributed by atoms with Crippen molar-refractivity contribution in [1.82, 2.24) is 9.80 Å². The summed E-state index contributed by atoms with van der Waals surface area (Å²) in [5.74, 6) is -3.81. The van der Waals surface area contributed by atoms with E-state index >= 15 is 0 Å². The van der Waals surface area contributed by atoms with E-state index in [-0.39, 0.29) is 60.7 Å². The maximum atomic E-state index is 14.4. The first-order chi connectivity index (χ1) is 20.4. The van der Waals surface area contributed by atoms with E-state index in [2.05, 4.69) is 4.90 Å². The number of aliphatic carboxylic acids is 1. The van der Waals surface area contributed by atoms with E-state index in [0.29, 0.717) is 45.0 Å². The number of halogens is 5. The molecule has 43 heavy (non-hydrogen) atoms. The lowest BCUT2D eigenvalue weighted by Crippen LogP contribution is -2.57. The minimum absolute atomic E-state index is 0.0107. The van der Waals surface area contributed by atoms with Gasteiger partial charge in [0, 0.05) is 18.7 Å². The van der Waals surface area contributed by atoms with Crippen molar-refractivity contribution in [2.75, 3.05) is 33.0 Å². The summed E-state index contributed by atoms with van der Waals surface area (Å²) < 4.78 is 79.4. The number of likely N-dealkylation sites (tertiary alicyclic amines) is 1. The molecule has 0 aromatic heterocycles. The Labute approximate surface area is 245 Å². The van der Waals surface area contributed by atoms with Crippen molar-refractivity contribution in [2.45, 2.75) is 56.3 Å². The van der Waals surface area contributed by atoms with E-state index in [9.17, 15) is 36.6 Å². The van der Waals surface area contributed by atoms with Gasteiger partial charge in [0.1, 0.15) is 11.4 Å². The smallest absolute Gasteiger partial charge is 0.416 e. The third-order valence-corrected chi connectivity index (χ3v) is 9.39. The van der Waals surface area contributed by atoms with E-state index in [0.717, 1.165) is 24.5 Å². The van der Waals surface area contributed by atoms with Crippen LogP contribution in [0.3, 0.4) is 0 Å². The normalized spacial score (nSPS) is 28.2. The van der Waals surface area contributed by atoms with Crippen molar-refractivity contribution in [3.8, 4) is 5.75 Å². The van der Waals surface area contributed by atoms with Crippen molar-refractivity contribution in [1.29, 1.82) is 0 Å². The number of alkyl halides is 3. The second-order valence-corrected chi connectivity index (χ2v) is 12.3. The van der Waals surface area contributed by atoms with Gasteiger partial charge in [0.05, 0.1) is 24.6 Å². The Kier molecular flexibility index (Phi) is 7.87. The Morgan fingerprint density at radius 2 is 1.79 bits per heavy atom. The van der Waals surface area contributed by atoms with E-state index in [4.69, 9.17) is 9.47 Å². The fourth-order valence-electron chi connectivity index (χ4n) is 6.99. The summed E-state index contributed by atoms with van der Waals surface area (Å²) in [5, 5.41) is 9.95. The van der Waals surface area contributed by atoms with Crippen LogP contribution >= 0.6 is 0 Å². The molecule has 2 aromatic rings. The third kappa shape index (κ3) is 5.95. The number of nitrogens with zero attached hydrogens (tertiary/aromatic N) is 2. The number of fused-ring (bicyclic) bond motifs is 1. The topological polar surface area (TPSA) is 79.3 Å². The Balaban J connectivity index is 1.10. The zero-order valence-electron chi connectivity index (χ0n) is 23.4. The number of hydrogen-bond acceptors (Lipinski definition) is 5. The van der Waals surface area contributed by atoms with Crippen molar-refractivity contribution in [2.24, 2.45) is 17.8 Å². The van der Waals surface area contributed by atoms with E-state index in [1.165, 1.54) is 17.0 Å². The van der Waals surface area contributed by atoms with Gasteiger partial charge >= 0.3 is 12.1 Å². The summed E-state index contributed by atoms with van der Waals surface area (Å²) in [7, 11) is 0. The number of piperidine rings is 1. The molecule has 7 nitrogen and oxygen atoms in total. The summed E-state index contributed by atoms with van der Waals surface area (Å²) >= 11 is 0. The number of hydrogen-bond donors (Lipinski definition) is 1. The molecule has 1 unspecified atom stereocenters. The Morgan fingerprint density at radius 3 is 2.42 bits per heavy atom. The number of carboxylic acids is 1. The number of carbonyl (C=O) groups is 2. The minimum atomic E-state index is -4.74. The molecule has 6 rings (SSSR count). The van der Waals surface area contributed by atoms with E-state index in [1.807, 2.05) is 0 Å². The minimum Gasteiger partial charge on any atom is -0.481 e. The fourth-order valence-corrected chi connectivity index (χ4v) is 6.99. The molecule has 12 heteroatoms. The van der Waals surface area contributed by atoms with E-state index < -0.39 is 35.0 Å². The highest BCUT2D eigenvalue weighted by molar-refractivity contribution is 5.86. The molecule has 3 aliphatic heterocycles. The molecule has 0 bridgehead atoms. The number of carboxylic acid groups (broad SMARTS) is 1. The van der Waals surface area contributed by atoms with Gasteiger partial charge in [0.2, 0.25) is 0 Å². The molecule has 232 valence electrons. The number of amides is 1. The molecular formula is C31H33F5N2O5. The molecule has 0 spiro atoms. The average molecular weight is 609 g/mol. The molecule has 4 atom stereocenters. The second-order valence-electron chi connectivity index (χ2n) is 12.3. The van der Waals surface area contributed by atoms with Crippen LogP contribution in [-0.4, -0.2) is 65.4 Å². The van der Waals surface area contributed by atoms with Gasteiger partial charge < -0.3 is 24.4 Å². The van der Waals surface area contributed by atoms with Gasteiger partial charge in [-0.25, -0.2) is 8.78 Å². The summed E-state index contributed by atoms with van der Waals surface area (Å²) in [5.41, 5.74) is -1.48. The fraction of sp³-hybridized carbons (Fsp3) is 0.548.